The molecule has 186 valence electrons. The Hall–Kier alpha value is -2.87. The van der Waals surface area contributed by atoms with Gasteiger partial charge in [0.2, 0.25) is 5.91 Å². The molecule has 2 unspecified atom stereocenters. The Morgan fingerprint density at radius 1 is 1.12 bits per heavy atom. The van der Waals surface area contributed by atoms with E-state index in [1.54, 1.807) is 18.3 Å². The van der Waals surface area contributed by atoms with Crippen molar-refractivity contribution in [1.29, 1.82) is 0 Å². The molecule has 6 nitrogen and oxygen atoms in total. The van der Waals surface area contributed by atoms with Crippen molar-refractivity contribution in [1.82, 2.24) is 15.2 Å². The van der Waals surface area contributed by atoms with Crippen LogP contribution in [-0.4, -0.2) is 46.2 Å². The third kappa shape index (κ3) is 7.58. The fourth-order valence-electron chi connectivity index (χ4n) is 4.43. The first-order valence-electron chi connectivity index (χ1n) is 11.4. The molecule has 0 saturated carbocycles. The van der Waals surface area contributed by atoms with Crippen molar-refractivity contribution in [3.8, 4) is 0 Å². The number of hydrogen-bond acceptors (Lipinski definition) is 5. The second-order valence-electron chi connectivity index (χ2n) is 8.93. The number of nitrogens with one attached hydrogen (secondary N) is 1. The smallest absolute Gasteiger partial charge is 0.234 e. The third-order valence-corrected chi connectivity index (χ3v) is 6.36. The van der Waals surface area contributed by atoms with Gasteiger partial charge in [0.05, 0.1) is 12.6 Å². The van der Waals surface area contributed by atoms with Crippen LogP contribution in [0.2, 0.25) is 0 Å². The lowest BCUT2D eigenvalue weighted by atomic mass is 9.96. The molecule has 3 atom stereocenters. The Morgan fingerprint density at radius 2 is 1.82 bits per heavy atom. The summed E-state index contributed by atoms with van der Waals surface area (Å²) in [6.07, 6.45) is 5.48. The van der Waals surface area contributed by atoms with Crippen molar-refractivity contribution in [3.05, 3.63) is 59.3 Å². The van der Waals surface area contributed by atoms with Crippen molar-refractivity contribution in [2.75, 3.05) is 12.3 Å². The maximum Gasteiger partial charge on any atom is 0.234 e. The normalized spacial score (nSPS) is 19.2. The second kappa shape index (κ2) is 12.6. The van der Waals surface area contributed by atoms with E-state index >= 15 is 0 Å². The van der Waals surface area contributed by atoms with E-state index in [-0.39, 0.29) is 50.6 Å². The first-order valence-corrected chi connectivity index (χ1v) is 11.4. The number of amides is 1. The minimum Gasteiger partial charge on any atom is -0.384 e. The summed E-state index contributed by atoms with van der Waals surface area (Å²) in [5, 5.41) is 2.85. The topological polar surface area (TPSA) is 88.3 Å². The van der Waals surface area contributed by atoms with Crippen molar-refractivity contribution in [2.45, 2.75) is 77.9 Å². The molecule has 1 aliphatic rings. The van der Waals surface area contributed by atoms with Gasteiger partial charge in [-0.1, -0.05) is 19.9 Å². The van der Waals surface area contributed by atoms with Crippen LogP contribution >= 0.6 is 0 Å². The summed E-state index contributed by atoms with van der Waals surface area (Å²) in [4.78, 5) is 32.1. The Balaban J connectivity index is 0.00000408. The molecule has 1 fully saturated rings. The van der Waals surface area contributed by atoms with Crippen LogP contribution in [0.5, 0.6) is 0 Å². The van der Waals surface area contributed by atoms with E-state index in [1.165, 1.54) is 6.07 Å². The number of benzene rings is 1. The molecule has 1 aromatic heterocycles. The van der Waals surface area contributed by atoms with E-state index in [0.717, 1.165) is 37.0 Å². The fraction of sp³-hybridized carbons (Fsp3) is 0.500. The average Bonchev–Trinajstić information content (AvgIpc) is 2.77. The van der Waals surface area contributed by atoms with Crippen LogP contribution in [0.3, 0.4) is 0 Å². The summed E-state index contributed by atoms with van der Waals surface area (Å²) in [5.74, 6) is -1.98. The van der Waals surface area contributed by atoms with E-state index < -0.39 is 17.7 Å². The number of halogens is 2. The van der Waals surface area contributed by atoms with Crippen LogP contribution in [-0.2, 0) is 22.4 Å². The van der Waals surface area contributed by atoms with E-state index in [1.807, 2.05) is 0 Å². The lowest BCUT2D eigenvalue weighted by molar-refractivity contribution is -0.129. The third-order valence-electron chi connectivity index (χ3n) is 6.36. The minimum atomic E-state index is -0.978. The summed E-state index contributed by atoms with van der Waals surface area (Å²) in [6, 6.07) is 6.76. The van der Waals surface area contributed by atoms with E-state index in [0.29, 0.717) is 17.8 Å². The largest absolute Gasteiger partial charge is 0.384 e. The van der Waals surface area contributed by atoms with E-state index in [4.69, 9.17) is 5.73 Å². The van der Waals surface area contributed by atoms with Crippen LogP contribution in [0.4, 0.5) is 14.6 Å². The van der Waals surface area contributed by atoms with Gasteiger partial charge in [-0.25, -0.2) is 13.8 Å². The quantitative estimate of drug-likeness (QED) is 0.572. The first kappa shape index (κ1) is 27.4. The Morgan fingerprint density at radius 3 is 2.47 bits per heavy atom. The molecule has 3 N–H and O–H groups in total. The SMILES string of the molecule is C.CC1CCCC(C)N1CC(=O)N[C@@H](Cc1ccc(F)c(F)c1)C(=O)CCc1ccnc(N)c1. The van der Waals surface area contributed by atoms with Crippen LogP contribution in [0.25, 0.3) is 0 Å². The fourth-order valence-corrected chi connectivity index (χ4v) is 4.43. The molecule has 0 aliphatic carbocycles. The standard InChI is InChI=1S/C25H32F2N4O2.CH4/c1-16-4-3-5-17(2)31(16)15-25(33)30-22(13-19-6-8-20(26)21(27)12-19)23(32)9-7-18-10-11-29-24(28)14-18;/h6,8,10-12,14,16-17,22H,3-5,7,9,13,15H2,1-2H3,(H2,28,29)(H,30,33);1H4/t16?,17?,22-;/m0./s1. The molecule has 1 amide bonds. The number of nitrogens with zero attached hydrogens (tertiary/aromatic N) is 2. The van der Waals surface area contributed by atoms with E-state index in [2.05, 4.69) is 29.0 Å². The number of aryl methyl sites for hydroxylation is 1. The monoisotopic (exact) mass is 474 g/mol. The molecule has 0 spiro atoms. The molecule has 0 radical (unpaired) electrons. The van der Waals surface area contributed by atoms with Gasteiger partial charge in [-0.2, -0.15) is 0 Å². The number of hydrogen-bond donors (Lipinski definition) is 2. The number of pyridine rings is 1. The number of ketones is 1. The number of nitrogen functional groups attached to an aromatic ring is 1. The highest BCUT2D eigenvalue weighted by Crippen LogP contribution is 2.22. The number of likely N-dealkylation sites (tertiary alicyclic amines) is 1. The number of piperidine rings is 1. The lowest BCUT2D eigenvalue weighted by Crippen LogP contribution is -2.51. The zero-order valence-electron chi connectivity index (χ0n) is 19.2. The van der Waals surface area contributed by atoms with Gasteiger partial charge in [-0.15, -0.1) is 0 Å². The highest BCUT2D eigenvalue weighted by atomic mass is 19.2. The molecule has 2 aromatic rings. The molecule has 1 saturated heterocycles. The van der Waals surface area contributed by atoms with Gasteiger partial charge in [-0.3, -0.25) is 14.5 Å². The first-order chi connectivity index (χ1) is 15.7. The number of carbonyl (C=O) groups is 2. The summed E-state index contributed by atoms with van der Waals surface area (Å²) < 4.78 is 27.1. The van der Waals surface area contributed by atoms with Gasteiger partial charge >= 0.3 is 0 Å². The number of aromatic nitrogens is 1. The minimum absolute atomic E-state index is 0. The molecule has 1 aliphatic heterocycles. The molecular formula is C26H36F2N4O2. The zero-order chi connectivity index (χ0) is 24.0. The molecular weight excluding hydrogens is 438 g/mol. The van der Waals surface area contributed by atoms with Crippen LogP contribution < -0.4 is 11.1 Å². The maximum atomic E-state index is 13.7. The second-order valence-corrected chi connectivity index (χ2v) is 8.93. The predicted octanol–water partition coefficient (Wildman–Crippen LogP) is 4.07. The van der Waals surface area contributed by atoms with Gasteiger partial charge in [0, 0.05) is 24.7 Å². The molecule has 2 heterocycles. The molecule has 8 heteroatoms. The molecule has 0 bridgehead atoms. The number of carbonyl (C=O) groups excluding carboxylic acids is 2. The zero-order valence-corrected chi connectivity index (χ0v) is 19.2. The summed E-state index contributed by atoms with van der Waals surface area (Å²) >= 11 is 0. The number of nitrogens with two attached hydrogens (primary N) is 1. The van der Waals surface area contributed by atoms with Crippen molar-refractivity contribution >= 4 is 17.5 Å². The molecule has 34 heavy (non-hydrogen) atoms. The van der Waals surface area contributed by atoms with E-state index in [9.17, 15) is 18.4 Å². The van der Waals surface area contributed by atoms with Crippen LogP contribution in [0.15, 0.2) is 36.5 Å². The Labute approximate surface area is 200 Å². The summed E-state index contributed by atoms with van der Waals surface area (Å²) in [7, 11) is 0. The predicted molar refractivity (Wildman–Crippen MR) is 130 cm³/mol. The number of anilines is 1. The summed E-state index contributed by atoms with van der Waals surface area (Å²) in [5.41, 5.74) is 7.02. The Bertz CT molecular complexity index is 975. The van der Waals surface area contributed by atoms with Crippen LogP contribution in [0.1, 0.15) is 58.1 Å². The van der Waals surface area contributed by atoms with Gasteiger partial charge in [0.1, 0.15) is 5.82 Å². The highest BCUT2D eigenvalue weighted by Gasteiger charge is 2.28. The highest BCUT2D eigenvalue weighted by molar-refractivity contribution is 5.90. The maximum absolute atomic E-state index is 13.7. The molecule has 3 rings (SSSR count). The number of rotatable bonds is 9. The number of Topliss-reactive ketones (excluding diaryl/α,β-unsaturated/α-hetero) is 1. The van der Waals surface area contributed by atoms with Gasteiger partial charge in [0.25, 0.3) is 0 Å². The average molecular weight is 475 g/mol. The van der Waals surface area contributed by atoms with Crippen LogP contribution in [0, 0.1) is 11.6 Å². The molecule has 1 aromatic carbocycles. The van der Waals surface area contributed by atoms with Gasteiger partial charge in [-0.05, 0) is 74.9 Å². The van der Waals surface area contributed by atoms with Crippen molar-refractivity contribution in [2.24, 2.45) is 0 Å². The summed E-state index contributed by atoms with van der Waals surface area (Å²) in [6.45, 7) is 4.41. The Kier molecular flexibility index (Phi) is 10.1. The van der Waals surface area contributed by atoms with Gasteiger partial charge < -0.3 is 11.1 Å². The van der Waals surface area contributed by atoms with Crippen molar-refractivity contribution in [3.63, 3.8) is 0 Å². The lowest BCUT2D eigenvalue weighted by Gasteiger charge is -2.38. The van der Waals surface area contributed by atoms with Crippen molar-refractivity contribution < 1.29 is 18.4 Å². The van der Waals surface area contributed by atoms with Gasteiger partial charge in [0.15, 0.2) is 17.4 Å².